The van der Waals surface area contributed by atoms with Crippen molar-refractivity contribution in [2.75, 3.05) is 6.61 Å². The van der Waals surface area contributed by atoms with Crippen molar-refractivity contribution in [3.8, 4) is 11.8 Å². The highest BCUT2D eigenvalue weighted by atomic mass is 16.5. The number of ether oxygens (including phenoxy) is 1. The summed E-state index contributed by atoms with van der Waals surface area (Å²) in [6.45, 7) is 4.63. The summed E-state index contributed by atoms with van der Waals surface area (Å²) in [5.74, 6) is 0.786. The Bertz CT molecular complexity index is 636. The number of benzene rings is 1. The lowest BCUT2D eigenvalue weighted by atomic mass is 9.74. The molecule has 0 aliphatic heterocycles. The Morgan fingerprint density at radius 1 is 1.23 bits per heavy atom. The minimum Gasteiger partial charge on any atom is -0.494 e. The van der Waals surface area contributed by atoms with Gasteiger partial charge in [-0.2, -0.15) is 5.26 Å². The lowest BCUT2D eigenvalue weighted by Crippen LogP contribution is -2.28. The molecule has 0 amide bonds. The molecule has 2 rings (SSSR count). The van der Waals surface area contributed by atoms with Crippen LogP contribution in [0.15, 0.2) is 42.9 Å². The van der Waals surface area contributed by atoms with Crippen molar-refractivity contribution in [3.63, 3.8) is 0 Å². The predicted octanol–water partition coefficient (Wildman–Crippen LogP) is 3.68. The van der Waals surface area contributed by atoms with Crippen molar-refractivity contribution in [2.24, 2.45) is 0 Å². The first-order chi connectivity index (χ1) is 10.8. The molecule has 4 heteroatoms. The fraction of sp³-hybridized carbons (Fsp3) is 0.389. The first kappa shape index (κ1) is 16.0. The van der Waals surface area contributed by atoms with Gasteiger partial charge in [-0.1, -0.05) is 31.5 Å². The minimum absolute atomic E-state index is 0.559. The van der Waals surface area contributed by atoms with E-state index < -0.39 is 5.41 Å². The van der Waals surface area contributed by atoms with Crippen LogP contribution < -0.4 is 4.74 Å². The molecule has 0 spiro atoms. The Kier molecular flexibility index (Phi) is 5.48. The van der Waals surface area contributed by atoms with Crippen LogP contribution in [0.25, 0.3) is 0 Å². The molecule has 4 nitrogen and oxygen atoms in total. The van der Waals surface area contributed by atoms with Crippen molar-refractivity contribution < 1.29 is 4.74 Å². The third-order valence-electron chi connectivity index (χ3n) is 3.72. The normalized spacial score (nSPS) is 13.1. The maximum atomic E-state index is 9.97. The molecule has 1 unspecified atom stereocenters. The summed E-state index contributed by atoms with van der Waals surface area (Å²) in [5, 5.41) is 9.97. The molecule has 0 fully saturated rings. The third kappa shape index (κ3) is 3.43. The molecule has 114 valence electrons. The molecule has 22 heavy (non-hydrogen) atoms. The molecule has 0 radical (unpaired) electrons. The number of nitrogens with zero attached hydrogens (tertiary/aromatic N) is 3. The van der Waals surface area contributed by atoms with Crippen LogP contribution in [0.2, 0.25) is 0 Å². The molecule has 0 aliphatic rings. The van der Waals surface area contributed by atoms with Gasteiger partial charge in [0.05, 0.1) is 18.1 Å². The van der Waals surface area contributed by atoms with E-state index in [0.717, 1.165) is 29.8 Å². The topological polar surface area (TPSA) is 58.8 Å². The number of rotatable bonds is 7. The number of para-hydroxylation sites is 1. The van der Waals surface area contributed by atoms with Crippen LogP contribution in [0.1, 0.15) is 37.9 Å². The van der Waals surface area contributed by atoms with Crippen LogP contribution in [0.3, 0.4) is 0 Å². The van der Waals surface area contributed by atoms with Gasteiger partial charge in [0.15, 0.2) is 0 Å². The van der Waals surface area contributed by atoms with Gasteiger partial charge in [-0.3, -0.25) is 0 Å². The smallest absolute Gasteiger partial charge is 0.124 e. The standard InChI is InChI=1S/C18H21N3O/c1-3-10-18(13-19,12-15-9-11-20-14-21-15)16-7-5-6-8-17(16)22-4-2/h5-9,11,14H,3-4,10,12H2,1-2H3. The van der Waals surface area contributed by atoms with E-state index in [0.29, 0.717) is 13.0 Å². The van der Waals surface area contributed by atoms with E-state index in [1.165, 1.54) is 6.33 Å². The Balaban J connectivity index is 2.48. The van der Waals surface area contributed by atoms with E-state index in [4.69, 9.17) is 4.74 Å². The number of hydrogen-bond donors (Lipinski definition) is 0. The zero-order valence-electron chi connectivity index (χ0n) is 13.1. The zero-order valence-corrected chi connectivity index (χ0v) is 13.1. The molecule has 1 aromatic carbocycles. The largest absolute Gasteiger partial charge is 0.494 e. The second kappa shape index (κ2) is 7.56. The molecule has 0 bridgehead atoms. The fourth-order valence-corrected chi connectivity index (χ4v) is 2.78. The van der Waals surface area contributed by atoms with Crippen LogP contribution in [0, 0.1) is 11.3 Å². The van der Waals surface area contributed by atoms with Crippen molar-refractivity contribution >= 4 is 0 Å². The molecule has 1 atom stereocenters. The van der Waals surface area contributed by atoms with Crippen molar-refractivity contribution in [3.05, 3.63) is 54.1 Å². The van der Waals surface area contributed by atoms with E-state index in [1.807, 2.05) is 37.3 Å². The second-order valence-electron chi connectivity index (χ2n) is 5.25. The number of aromatic nitrogens is 2. The van der Waals surface area contributed by atoms with Gasteiger partial charge in [-0.15, -0.1) is 0 Å². The van der Waals surface area contributed by atoms with Crippen LogP contribution in [0.4, 0.5) is 0 Å². The van der Waals surface area contributed by atoms with Crippen molar-refractivity contribution in [1.29, 1.82) is 5.26 Å². The molecule has 0 saturated carbocycles. The molecule has 1 aromatic heterocycles. The van der Waals surface area contributed by atoms with Crippen molar-refractivity contribution in [2.45, 2.75) is 38.5 Å². The van der Waals surface area contributed by atoms with E-state index >= 15 is 0 Å². The molecular weight excluding hydrogens is 274 g/mol. The Hall–Kier alpha value is -2.41. The third-order valence-corrected chi connectivity index (χ3v) is 3.72. The van der Waals surface area contributed by atoms with E-state index in [-0.39, 0.29) is 0 Å². The minimum atomic E-state index is -0.630. The molecule has 2 aromatic rings. The first-order valence-electron chi connectivity index (χ1n) is 7.64. The van der Waals surface area contributed by atoms with E-state index in [9.17, 15) is 5.26 Å². The molecule has 0 aliphatic carbocycles. The SMILES string of the molecule is CCCC(C#N)(Cc1ccncn1)c1ccccc1OCC. The summed E-state index contributed by atoms with van der Waals surface area (Å²) < 4.78 is 5.75. The van der Waals surface area contributed by atoms with E-state index in [1.54, 1.807) is 6.20 Å². The average Bonchev–Trinajstić information content (AvgIpc) is 2.56. The Morgan fingerprint density at radius 2 is 2.05 bits per heavy atom. The summed E-state index contributed by atoms with van der Waals surface area (Å²) in [6.07, 6.45) is 5.48. The summed E-state index contributed by atoms with van der Waals surface area (Å²) in [7, 11) is 0. The van der Waals surface area contributed by atoms with Gasteiger partial charge in [-0.25, -0.2) is 9.97 Å². The Morgan fingerprint density at radius 3 is 2.68 bits per heavy atom. The van der Waals surface area contributed by atoms with Gasteiger partial charge in [0.25, 0.3) is 0 Å². The van der Waals surface area contributed by atoms with Crippen molar-refractivity contribution in [1.82, 2.24) is 9.97 Å². The average molecular weight is 295 g/mol. The molecular formula is C18H21N3O. The maximum absolute atomic E-state index is 9.97. The van der Waals surface area contributed by atoms with Gasteiger partial charge in [0.1, 0.15) is 12.1 Å². The highest BCUT2D eigenvalue weighted by Crippen LogP contribution is 2.38. The second-order valence-corrected chi connectivity index (χ2v) is 5.25. The number of hydrogen-bond acceptors (Lipinski definition) is 4. The van der Waals surface area contributed by atoms with Gasteiger partial charge in [-0.05, 0) is 25.5 Å². The monoisotopic (exact) mass is 295 g/mol. The maximum Gasteiger partial charge on any atom is 0.124 e. The molecule has 0 saturated heterocycles. The Labute approximate surface area is 131 Å². The van der Waals surface area contributed by atoms with Crippen LogP contribution in [0.5, 0.6) is 5.75 Å². The van der Waals surface area contributed by atoms with E-state index in [2.05, 4.69) is 23.0 Å². The number of nitriles is 1. The van der Waals surface area contributed by atoms with Crippen LogP contribution >= 0.6 is 0 Å². The van der Waals surface area contributed by atoms with Crippen LogP contribution in [-0.4, -0.2) is 16.6 Å². The lowest BCUT2D eigenvalue weighted by Gasteiger charge is -2.28. The predicted molar refractivity (Wildman–Crippen MR) is 85.5 cm³/mol. The molecule has 0 N–H and O–H groups in total. The van der Waals surface area contributed by atoms with Crippen LogP contribution in [-0.2, 0) is 11.8 Å². The summed E-state index contributed by atoms with van der Waals surface area (Å²) >= 11 is 0. The van der Waals surface area contributed by atoms with Gasteiger partial charge >= 0.3 is 0 Å². The highest BCUT2D eigenvalue weighted by Gasteiger charge is 2.35. The highest BCUT2D eigenvalue weighted by molar-refractivity contribution is 5.44. The zero-order chi connectivity index (χ0) is 15.8. The summed E-state index contributed by atoms with van der Waals surface area (Å²) in [5.41, 5.74) is 1.19. The summed E-state index contributed by atoms with van der Waals surface area (Å²) in [6, 6.07) is 12.2. The molecule has 1 heterocycles. The van der Waals surface area contributed by atoms with Gasteiger partial charge < -0.3 is 4.74 Å². The van der Waals surface area contributed by atoms with Gasteiger partial charge in [0.2, 0.25) is 0 Å². The first-order valence-corrected chi connectivity index (χ1v) is 7.64. The summed E-state index contributed by atoms with van der Waals surface area (Å²) in [4.78, 5) is 8.24. The quantitative estimate of drug-likeness (QED) is 0.782. The lowest BCUT2D eigenvalue weighted by molar-refractivity contribution is 0.326. The fourth-order valence-electron chi connectivity index (χ4n) is 2.78. The van der Waals surface area contributed by atoms with Gasteiger partial charge in [0, 0.05) is 23.9 Å².